The van der Waals surface area contributed by atoms with E-state index < -0.39 is 0 Å². The fourth-order valence-corrected chi connectivity index (χ4v) is 3.23. The van der Waals surface area contributed by atoms with Gasteiger partial charge >= 0.3 is 0 Å². The zero-order chi connectivity index (χ0) is 17.6. The van der Waals surface area contributed by atoms with Crippen LogP contribution in [0, 0.1) is 5.82 Å². The van der Waals surface area contributed by atoms with Crippen molar-refractivity contribution in [3.8, 4) is 0 Å². The molecule has 1 aliphatic heterocycles. The maximum absolute atomic E-state index is 13.3. The monoisotopic (exact) mass is 337 g/mol. The zero-order valence-electron chi connectivity index (χ0n) is 13.6. The average Bonchev–Trinajstić information content (AvgIpc) is 3.17. The van der Waals surface area contributed by atoms with Crippen LogP contribution in [0.2, 0.25) is 0 Å². The van der Waals surface area contributed by atoms with Gasteiger partial charge in [-0.25, -0.2) is 4.39 Å². The van der Waals surface area contributed by atoms with Crippen molar-refractivity contribution in [2.45, 2.75) is 13.3 Å². The number of aromatic nitrogens is 1. The van der Waals surface area contributed by atoms with E-state index >= 15 is 0 Å². The molecular weight excluding hydrogens is 321 g/mol. The summed E-state index contributed by atoms with van der Waals surface area (Å²) in [7, 11) is 0. The van der Waals surface area contributed by atoms with Gasteiger partial charge < -0.3 is 15.2 Å². The van der Waals surface area contributed by atoms with E-state index in [2.05, 4.69) is 10.3 Å². The predicted molar refractivity (Wildman–Crippen MR) is 94.4 cm³/mol. The first-order valence-electron chi connectivity index (χ1n) is 8.02. The van der Waals surface area contributed by atoms with E-state index in [1.54, 1.807) is 30.0 Å². The van der Waals surface area contributed by atoms with Crippen molar-refractivity contribution in [2.24, 2.45) is 0 Å². The molecule has 25 heavy (non-hydrogen) atoms. The quantitative estimate of drug-likeness (QED) is 0.752. The van der Waals surface area contributed by atoms with E-state index in [1.165, 1.54) is 12.1 Å². The van der Waals surface area contributed by atoms with Crippen LogP contribution >= 0.6 is 0 Å². The lowest BCUT2D eigenvalue weighted by molar-refractivity contribution is -0.116. The second-order valence-corrected chi connectivity index (χ2v) is 6.13. The molecule has 2 aromatic carbocycles. The summed E-state index contributed by atoms with van der Waals surface area (Å²) in [5.74, 6) is -0.620. The van der Waals surface area contributed by atoms with Crippen molar-refractivity contribution in [3.05, 3.63) is 59.5 Å². The van der Waals surface area contributed by atoms with Crippen molar-refractivity contribution in [3.63, 3.8) is 0 Å². The number of anilines is 2. The Kier molecular flexibility index (Phi) is 3.53. The molecule has 126 valence electrons. The Morgan fingerprint density at radius 3 is 2.80 bits per heavy atom. The average molecular weight is 337 g/mol. The Morgan fingerprint density at radius 1 is 1.16 bits per heavy atom. The summed E-state index contributed by atoms with van der Waals surface area (Å²) in [6, 6.07) is 11.5. The zero-order valence-corrected chi connectivity index (χ0v) is 13.6. The topological polar surface area (TPSA) is 65.2 Å². The van der Waals surface area contributed by atoms with Gasteiger partial charge in [-0.1, -0.05) is 0 Å². The molecule has 3 aromatic rings. The number of aromatic amines is 1. The van der Waals surface area contributed by atoms with Gasteiger partial charge in [0.25, 0.3) is 5.91 Å². The fraction of sp³-hybridized carbons (Fsp3) is 0.158. The smallest absolute Gasteiger partial charge is 0.272 e. The molecule has 0 fully saturated rings. The van der Waals surface area contributed by atoms with Gasteiger partial charge in [-0.15, -0.1) is 0 Å². The first kappa shape index (κ1) is 15.4. The van der Waals surface area contributed by atoms with Crippen LogP contribution in [0.5, 0.6) is 0 Å². The summed E-state index contributed by atoms with van der Waals surface area (Å²) >= 11 is 0. The van der Waals surface area contributed by atoms with Gasteiger partial charge in [0.05, 0.1) is 0 Å². The largest absolute Gasteiger partial charge is 0.351 e. The van der Waals surface area contributed by atoms with Crippen molar-refractivity contribution >= 4 is 34.1 Å². The van der Waals surface area contributed by atoms with Gasteiger partial charge in [0.15, 0.2) is 0 Å². The molecule has 0 saturated heterocycles. The molecule has 2 heterocycles. The highest BCUT2D eigenvalue weighted by Crippen LogP contribution is 2.30. The minimum absolute atomic E-state index is 0.0147. The number of rotatable bonds is 2. The summed E-state index contributed by atoms with van der Waals surface area (Å²) in [5, 5.41) is 3.49. The third-order valence-corrected chi connectivity index (χ3v) is 4.44. The number of nitrogens with one attached hydrogen (secondary N) is 2. The number of carbonyl (C=O) groups excluding carboxylic acids is 2. The van der Waals surface area contributed by atoms with E-state index in [-0.39, 0.29) is 17.6 Å². The molecule has 0 unspecified atom stereocenters. The highest BCUT2D eigenvalue weighted by atomic mass is 19.1. The summed E-state index contributed by atoms with van der Waals surface area (Å²) in [4.78, 5) is 28.7. The maximum Gasteiger partial charge on any atom is 0.272 e. The lowest BCUT2D eigenvalue weighted by Gasteiger charge is -2.15. The van der Waals surface area contributed by atoms with E-state index in [1.807, 2.05) is 12.1 Å². The second-order valence-electron chi connectivity index (χ2n) is 6.13. The molecule has 0 bridgehead atoms. The molecule has 0 atom stereocenters. The van der Waals surface area contributed by atoms with Gasteiger partial charge in [-0.05, 0) is 54.4 Å². The fourth-order valence-electron chi connectivity index (χ4n) is 3.23. The van der Waals surface area contributed by atoms with Crippen LogP contribution < -0.4 is 10.2 Å². The van der Waals surface area contributed by atoms with Gasteiger partial charge in [0.2, 0.25) is 5.91 Å². The number of hydrogen-bond acceptors (Lipinski definition) is 2. The normalized spacial score (nSPS) is 13.1. The van der Waals surface area contributed by atoms with Crippen LogP contribution in [-0.4, -0.2) is 23.3 Å². The molecule has 2 amide bonds. The molecule has 4 rings (SSSR count). The molecular formula is C19H16FN3O2. The minimum atomic E-state index is -0.341. The Labute approximate surface area is 143 Å². The summed E-state index contributed by atoms with van der Waals surface area (Å²) in [6.07, 6.45) is 0.768. The Hall–Kier alpha value is -3.15. The van der Waals surface area contributed by atoms with Crippen LogP contribution in [0.3, 0.4) is 0 Å². The number of halogens is 1. The van der Waals surface area contributed by atoms with Crippen molar-refractivity contribution in [2.75, 3.05) is 16.8 Å². The Balaban J connectivity index is 1.57. The molecule has 1 aliphatic rings. The van der Waals surface area contributed by atoms with Gasteiger partial charge in [0.1, 0.15) is 11.5 Å². The lowest BCUT2D eigenvalue weighted by Crippen LogP contribution is -2.25. The second kappa shape index (κ2) is 5.73. The molecule has 6 heteroatoms. The first-order chi connectivity index (χ1) is 12.0. The number of hydrogen-bond donors (Lipinski definition) is 2. The molecule has 0 saturated carbocycles. The molecule has 5 nitrogen and oxygen atoms in total. The molecule has 2 N–H and O–H groups in total. The third-order valence-electron chi connectivity index (χ3n) is 4.44. The summed E-state index contributed by atoms with van der Waals surface area (Å²) in [5.41, 5.74) is 3.67. The standard InChI is InChI=1S/C19H16FN3O2/c1-11(24)23-7-6-12-9-15(3-5-18(12)23)21-19(25)17-10-13-8-14(20)2-4-16(13)22-17/h2-5,8-10,22H,6-7H2,1H3,(H,21,25). The molecule has 0 aliphatic carbocycles. The van der Waals surface area contributed by atoms with Gasteiger partial charge in [0, 0.05) is 35.7 Å². The molecule has 0 radical (unpaired) electrons. The van der Waals surface area contributed by atoms with Gasteiger partial charge in [-0.3, -0.25) is 9.59 Å². The highest BCUT2D eigenvalue weighted by molar-refractivity contribution is 6.06. The van der Waals surface area contributed by atoms with Crippen LogP contribution in [0.15, 0.2) is 42.5 Å². The minimum Gasteiger partial charge on any atom is -0.351 e. The summed E-state index contributed by atoms with van der Waals surface area (Å²) in [6.45, 7) is 2.21. The first-order valence-corrected chi connectivity index (χ1v) is 8.02. The Bertz CT molecular complexity index is 1010. The maximum atomic E-state index is 13.3. The van der Waals surface area contributed by atoms with E-state index in [4.69, 9.17) is 0 Å². The van der Waals surface area contributed by atoms with Crippen molar-refractivity contribution < 1.29 is 14.0 Å². The lowest BCUT2D eigenvalue weighted by atomic mass is 10.1. The predicted octanol–water partition coefficient (Wildman–Crippen LogP) is 3.47. The highest BCUT2D eigenvalue weighted by Gasteiger charge is 2.22. The van der Waals surface area contributed by atoms with Gasteiger partial charge in [-0.2, -0.15) is 0 Å². The van der Waals surface area contributed by atoms with E-state index in [9.17, 15) is 14.0 Å². The third kappa shape index (κ3) is 2.76. The van der Waals surface area contributed by atoms with Crippen LogP contribution in [0.1, 0.15) is 23.0 Å². The van der Waals surface area contributed by atoms with Crippen molar-refractivity contribution in [1.29, 1.82) is 0 Å². The van der Waals surface area contributed by atoms with E-state index in [0.29, 0.717) is 28.8 Å². The Morgan fingerprint density at radius 2 is 2.00 bits per heavy atom. The van der Waals surface area contributed by atoms with Crippen molar-refractivity contribution in [1.82, 2.24) is 4.98 Å². The molecule has 0 spiro atoms. The number of H-pyrrole nitrogens is 1. The van der Waals surface area contributed by atoms with E-state index in [0.717, 1.165) is 17.7 Å². The number of amides is 2. The number of fused-ring (bicyclic) bond motifs is 2. The van der Waals surface area contributed by atoms with Crippen LogP contribution in [-0.2, 0) is 11.2 Å². The summed E-state index contributed by atoms with van der Waals surface area (Å²) < 4.78 is 13.3. The number of nitrogens with zero attached hydrogens (tertiary/aromatic N) is 1. The molecule has 1 aromatic heterocycles. The SMILES string of the molecule is CC(=O)N1CCc2cc(NC(=O)c3cc4cc(F)ccc4[nH]3)ccc21. The number of benzene rings is 2. The van der Waals surface area contributed by atoms with Crippen LogP contribution in [0.25, 0.3) is 10.9 Å². The number of carbonyl (C=O) groups is 2. The van der Waals surface area contributed by atoms with Crippen LogP contribution in [0.4, 0.5) is 15.8 Å².